The van der Waals surface area contributed by atoms with Crippen LogP contribution in [0.2, 0.25) is 0 Å². The van der Waals surface area contributed by atoms with Crippen LogP contribution in [-0.4, -0.2) is 31.9 Å². The maximum atomic E-state index is 12.5. The van der Waals surface area contributed by atoms with Crippen LogP contribution in [0.3, 0.4) is 0 Å². The molecule has 2 rings (SSSR count). The van der Waals surface area contributed by atoms with Gasteiger partial charge in [-0.3, -0.25) is 9.59 Å². The van der Waals surface area contributed by atoms with Gasteiger partial charge in [-0.15, -0.1) is 0 Å². The molecular weight excluding hydrogens is 366 g/mol. The molecule has 0 aromatic heterocycles. The van der Waals surface area contributed by atoms with Gasteiger partial charge in [-0.05, 0) is 50.6 Å². The molecule has 27 heavy (non-hydrogen) atoms. The molecule has 2 aromatic carbocycles. The Kier molecular flexibility index (Phi) is 6.05. The summed E-state index contributed by atoms with van der Waals surface area (Å²) in [4.78, 5) is 23.5. The smallest absolute Gasteiger partial charge is 0.310 e. The number of hydrogen-bond donors (Lipinski definition) is 2. The highest BCUT2D eigenvalue weighted by Crippen LogP contribution is 2.18. The number of carbonyl (C=O) groups excluding carboxylic acids is 1. The van der Waals surface area contributed by atoms with Crippen LogP contribution >= 0.6 is 0 Å². The van der Waals surface area contributed by atoms with E-state index < -0.39 is 27.1 Å². The second kappa shape index (κ2) is 7.92. The van der Waals surface area contributed by atoms with Crippen LogP contribution in [0.4, 0.5) is 0 Å². The number of nitrogens with one attached hydrogen (secondary N) is 1. The summed E-state index contributed by atoms with van der Waals surface area (Å²) in [5.41, 5.74) is 0.818. The number of aliphatic carboxylic acids is 1. The van der Waals surface area contributed by atoms with Crippen molar-refractivity contribution in [3.63, 3.8) is 0 Å². The van der Waals surface area contributed by atoms with E-state index in [4.69, 9.17) is 5.11 Å². The summed E-state index contributed by atoms with van der Waals surface area (Å²) in [5.74, 6) is -1.57. The van der Waals surface area contributed by atoms with Crippen LogP contribution in [0.5, 0.6) is 0 Å². The Morgan fingerprint density at radius 1 is 1.00 bits per heavy atom. The molecule has 0 aliphatic rings. The lowest BCUT2D eigenvalue weighted by Gasteiger charge is -2.19. The minimum absolute atomic E-state index is 0.00921. The quantitative estimate of drug-likeness (QED) is 0.758. The molecule has 0 atom stereocenters. The topological polar surface area (TPSA) is 101 Å². The molecule has 144 valence electrons. The predicted octanol–water partition coefficient (Wildman–Crippen LogP) is 2.81. The molecule has 0 aliphatic carbocycles. The first kappa shape index (κ1) is 20.6. The summed E-state index contributed by atoms with van der Waals surface area (Å²) in [7, 11) is -3.47. The Hall–Kier alpha value is -2.67. The number of sulfone groups is 1. The Labute approximate surface area is 159 Å². The van der Waals surface area contributed by atoms with Gasteiger partial charge in [-0.2, -0.15) is 0 Å². The van der Waals surface area contributed by atoms with E-state index in [-0.39, 0.29) is 17.2 Å². The fraction of sp³-hybridized carbons (Fsp3) is 0.300. The van der Waals surface area contributed by atoms with Crippen molar-refractivity contribution in [2.24, 2.45) is 5.41 Å². The van der Waals surface area contributed by atoms with Gasteiger partial charge in [0.05, 0.1) is 16.1 Å². The van der Waals surface area contributed by atoms with Gasteiger partial charge < -0.3 is 10.4 Å². The Bertz CT molecular complexity index is 929. The number of carboxylic acids is 1. The summed E-state index contributed by atoms with van der Waals surface area (Å²) in [6, 6.07) is 12.9. The molecule has 0 saturated carbocycles. The van der Waals surface area contributed by atoms with E-state index in [1.165, 1.54) is 26.0 Å². The minimum Gasteiger partial charge on any atom is -0.481 e. The van der Waals surface area contributed by atoms with Crippen LogP contribution in [0.15, 0.2) is 53.4 Å². The van der Waals surface area contributed by atoms with Crippen molar-refractivity contribution in [3.8, 4) is 0 Å². The molecule has 0 fully saturated rings. The van der Waals surface area contributed by atoms with Gasteiger partial charge >= 0.3 is 5.97 Å². The largest absolute Gasteiger partial charge is 0.481 e. The van der Waals surface area contributed by atoms with Gasteiger partial charge in [0.2, 0.25) is 0 Å². The first-order valence-electron chi connectivity index (χ1n) is 8.41. The maximum Gasteiger partial charge on any atom is 0.310 e. The third kappa shape index (κ3) is 5.40. The zero-order valence-electron chi connectivity index (χ0n) is 15.5. The van der Waals surface area contributed by atoms with E-state index >= 15 is 0 Å². The lowest BCUT2D eigenvalue weighted by atomic mass is 9.94. The summed E-state index contributed by atoms with van der Waals surface area (Å²) < 4.78 is 24.9. The zero-order chi connectivity index (χ0) is 20.2. The van der Waals surface area contributed by atoms with Crippen molar-refractivity contribution in [1.82, 2.24) is 5.32 Å². The number of carbonyl (C=O) groups is 2. The molecule has 1 amide bonds. The van der Waals surface area contributed by atoms with E-state index in [0.717, 1.165) is 5.56 Å². The number of rotatable bonds is 7. The molecule has 0 spiro atoms. The average molecular weight is 389 g/mol. The fourth-order valence-electron chi connectivity index (χ4n) is 2.28. The minimum atomic E-state index is -3.47. The SMILES string of the molecule is Cc1ccc(S(=O)(=O)Cc2ccc(C(=O)NCC(C)(C)C(=O)O)cc2)cc1. The second-order valence-electron chi connectivity index (χ2n) is 7.14. The Balaban J connectivity index is 2.05. The number of aryl methyl sites for hydroxylation is 1. The Morgan fingerprint density at radius 2 is 1.56 bits per heavy atom. The molecule has 0 radical (unpaired) electrons. The monoisotopic (exact) mass is 389 g/mol. The fourth-order valence-corrected chi connectivity index (χ4v) is 3.63. The molecule has 7 heteroatoms. The highest BCUT2D eigenvalue weighted by atomic mass is 32.2. The normalized spacial score (nSPS) is 11.8. The standard InChI is InChI=1S/C20H23NO5S/c1-14-4-10-17(11-5-14)27(25,26)12-15-6-8-16(9-7-15)18(22)21-13-20(2,3)19(23)24/h4-11H,12-13H2,1-3H3,(H,21,22)(H,23,24). The van der Waals surface area contributed by atoms with Crippen molar-refractivity contribution in [2.75, 3.05) is 6.54 Å². The molecule has 0 unspecified atom stereocenters. The molecule has 2 N–H and O–H groups in total. The molecule has 0 aliphatic heterocycles. The van der Waals surface area contributed by atoms with Gasteiger partial charge in [0.1, 0.15) is 0 Å². The number of hydrogen-bond acceptors (Lipinski definition) is 4. The Morgan fingerprint density at radius 3 is 2.07 bits per heavy atom. The van der Waals surface area contributed by atoms with E-state index in [9.17, 15) is 18.0 Å². The first-order chi connectivity index (χ1) is 12.5. The van der Waals surface area contributed by atoms with Crippen LogP contribution < -0.4 is 5.32 Å². The molecule has 2 aromatic rings. The predicted molar refractivity (Wildman–Crippen MR) is 102 cm³/mol. The molecule has 0 bridgehead atoms. The van der Waals surface area contributed by atoms with E-state index in [2.05, 4.69) is 5.32 Å². The molecular formula is C20H23NO5S. The van der Waals surface area contributed by atoms with E-state index in [1.807, 2.05) is 6.92 Å². The lowest BCUT2D eigenvalue weighted by molar-refractivity contribution is -0.146. The van der Waals surface area contributed by atoms with Crippen molar-refractivity contribution < 1.29 is 23.1 Å². The van der Waals surface area contributed by atoms with Crippen molar-refractivity contribution in [2.45, 2.75) is 31.4 Å². The summed E-state index contributed by atoms with van der Waals surface area (Å²) in [6.45, 7) is 4.92. The lowest BCUT2D eigenvalue weighted by Crippen LogP contribution is -2.38. The van der Waals surface area contributed by atoms with Gasteiger partial charge in [0.15, 0.2) is 9.84 Å². The van der Waals surface area contributed by atoms with Crippen molar-refractivity contribution >= 4 is 21.7 Å². The van der Waals surface area contributed by atoms with Gasteiger partial charge in [-0.25, -0.2) is 8.42 Å². The maximum absolute atomic E-state index is 12.5. The average Bonchev–Trinajstić information content (AvgIpc) is 2.60. The highest BCUT2D eigenvalue weighted by Gasteiger charge is 2.27. The van der Waals surface area contributed by atoms with Gasteiger partial charge in [-0.1, -0.05) is 29.8 Å². The number of amides is 1. The number of benzene rings is 2. The van der Waals surface area contributed by atoms with E-state index in [0.29, 0.717) is 11.1 Å². The zero-order valence-corrected chi connectivity index (χ0v) is 16.3. The second-order valence-corrected chi connectivity index (χ2v) is 9.13. The van der Waals surface area contributed by atoms with Crippen molar-refractivity contribution in [1.29, 1.82) is 0 Å². The van der Waals surface area contributed by atoms with Gasteiger partial charge in [0.25, 0.3) is 5.91 Å². The summed E-state index contributed by atoms with van der Waals surface area (Å²) in [5, 5.41) is 11.7. The number of carboxylic acid groups (broad SMARTS) is 1. The van der Waals surface area contributed by atoms with Crippen molar-refractivity contribution in [3.05, 3.63) is 65.2 Å². The molecule has 0 heterocycles. The molecule has 6 nitrogen and oxygen atoms in total. The third-order valence-corrected chi connectivity index (χ3v) is 5.93. The van der Waals surface area contributed by atoms with Crippen LogP contribution in [0.1, 0.15) is 35.3 Å². The van der Waals surface area contributed by atoms with Crippen LogP contribution in [0, 0.1) is 12.3 Å². The summed E-state index contributed by atoms with van der Waals surface area (Å²) >= 11 is 0. The third-order valence-electron chi connectivity index (χ3n) is 4.22. The van der Waals surface area contributed by atoms with Crippen LogP contribution in [0.25, 0.3) is 0 Å². The highest BCUT2D eigenvalue weighted by molar-refractivity contribution is 7.90. The summed E-state index contributed by atoms with van der Waals surface area (Å²) in [6.07, 6.45) is 0. The van der Waals surface area contributed by atoms with E-state index in [1.54, 1.807) is 36.4 Å². The first-order valence-corrected chi connectivity index (χ1v) is 10.1. The van der Waals surface area contributed by atoms with Gasteiger partial charge in [0, 0.05) is 12.1 Å². The van der Waals surface area contributed by atoms with Crippen LogP contribution in [-0.2, 0) is 20.4 Å². The molecule has 0 saturated heterocycles.